The van der Waals surface area contributed by atoms with Crippen molar-refractivity contribution in [3.63, 3.8) is 0 Å². The summed E-state index contributed by atoms with van der Waals surface area (Å²) in [5.41, 5.74) is 4.49. The normalized spacial score (nSPS) is 10.8. The van der Waals surface area contributed by atoms with Crippen LogP contribution >= 0.6 is 0 Å². The number of carboxylic acids is 1. The minimum absolute atomic E-state index is 0.326. The lowest BCUT2D eigenvalue weighted by atomic mass is 9.96. The molecule has 4 aromatic rings. The Kier molecular flexibility index (Phi) is 4.57. The number of halogens is 1. The van der Waals surface area contributed by atoms with E-state index in [1.807, 2.05) is 34.9 Å². The molecule has 0 aliphatic carbocycles. The summed E-state index contributed by atoms with van der Waals surface area (Å²) in [4.78, 5) is 15.7. The molecule has 0 unspecified atom stereocenters. The van der Waals surface area contributed by atoms with Crippen molar-refractivity contribution in [1.82, 2.24) is 9.38 Å². The Morgan fingerprint density at radius 2 is 1.86 bits per heavy atom. The Morgan fingerprint density at radius 1 is 1.14 bits per heavy atom. The molecule has 2 aromatic heterocycles. The van der Waals surface area contributed by atoms with Crippen LogP contribution in [0.2, 0.25) is 0 Å². The van der Waals surface area contributed by atoms with Gasteiger partial charge >= 0.3 is 5.97 Å². The van der Waals surface area contributed by atoms with E-state index in [0.717, 1.165) is 22.5 Å². The van der Waals surface area contributed by atoms with Crippen LogP contribution in [0, 0.1) is 17.1 Å². The molecule has 1 N–H and O–H groups in total. The number of carboxylic acid groups (broad SMARTS) is 1. The molecule has 6 heteroatoms. The van der Waals surface area contributed by atoms with E-state index in [2.05, 4.69) is 11.1 Å². The number of nitriles is 1. The maximum atomic E-state index is 14.7. The van der Waals surface area contributed by atoms with E-state index in [-0.39, 0.29) is 5.56 Å². The fourth-order valence-electron chi connectivity index (χ4n) is 3.47. The third kappa shape index (κ3) is 3.13. The lowest BCUT2D eigenvalue weighted by molar-refractivity contribution is 0.0691. The molecule has 2 heterocycles. The van der Waals surface area contributed by atoms with Crippen LogP contribution in [0.3, 0.4) is 0 Å². The standard InChI is InChI=1S/C23H16FN3O2/c1-2-17-18(8-9-19(22(17)24)23(28)29)16-7-10-21-26-12-20(27(21)13-16)15-5-3-14(11-25)4-6-15/h3-10,12-13H,2H2,1H3,(H,28,29). The van der Waals surface area contributed by atoms with Gasteiger partial charge in [-0.05, 0) is 53.4 Å². The number of nitrogens with zero attached hydrogens (tertiary/aromatic N) is 3. The number of aromatic nitrogens is 2. The molecule has 0 saturated heterocycles. The number of hydrogen-bond acceptors (Lipinski definition) is 3. The van der Waals surface area contributed by atoms with Crippen LogP contribution in [-0.4, -0.2) is 20.5 Å². The van der Waals surface area contributed by atoms with Crippen molar-refractivity contribution in [1.29, 1.82) is 5.26 Å². The van der Waals surface area contributed by atoms with Gasteiger partial charge in [0.25, 0.3) is 0 Å². The van der Waals surface area contributed by atoms with Crippen LogP contribution in [-0.2, 0) is 6.42 Å². The number of imidazole rings is 1. The Labute approximate surface area is 166 Å². The summed E-state index contributed by atoms with van der Waals surface area (Å²) in [7, 11) is 0. The van der Waals surface area contributed by atoms with Gasteiger partial charge in [0.05, 0.1) is 29.1 Å². The van der Waals surface area contributed by atoms with Gasteiger partial charge in [-0.2, -0.15) is 5.26 Å². The Morgan fingerprint density at radius 3 is 2.52 bits per heavy atom. The second-order valence-corrected chi connectivity index (χ2v) is 6.59. The second kappa shape index (κ2) is 7.21. The third-order valence-electron chi connectivity index (χ3n) is 4.95. The van der Waals surface area contributed by atoms with E-state index >= 15 is 0 Å². The molecule has 0 atom stereocenters. The van der Waals surface area contributed by atoms with Gasteiger partial charge in [-0.15, -0.1) is 0 Å². The van der Waals surface area contributed by atoms with Crippen LogP contribution in [0.15, 0.2) is 60.9 Å². The monoisotopic (exact) mass is 385 g/mol. The van der Waals surface area contributed by atoms with E-state index in [1.165, 1.54) is 6.07 Å². The second-order valence-electron chi connectivity index (χ2n) is 6.59. The van der Waals surface area contributed by atoms with Crippen LogP contribution in [0.4, 0.5) is 4.39 Å². The van der Waals surface area contributed by atoms with Crippen molar-refractivity contribution in [2.75, 3.05) is 0 Å². The molecule has 0 amide bonds. The highest BCUT2D eigenvalue weighted by molar-refractivity contribution is 5.89. The molecule has 2 aromatic carbocycles. The predicted octanol–water partition coefficient (Wildman–Crippen LogP) is 4.94. The number of fused-ring (bicyclic) bond motifs is 1. The Balaban J connectivity index is 1.87. The lowest BCUT2D eigenvalue weighted by Crippen LogP contribution is -2.05. The summed E-state index contributed by atoms with van der Waals surface area (Å²) in [6.45, 7) is 1.80. The Bertz CT molecular complexity index is 1280. The number of carbonyl (C=O) groups is 1. The maximum Gasteiger partial charge on any atom is 0.338 e. The van der Waals surface area contributed by atoms with Gasteiger partial charge in [-0.3, -0.25) is 4.40 Å². The molecule has 0 aliphatic rings. The zero-order valence-corrected chi connectivity index (χ0v) is 15.6. The molecule has 0 spiro atoms. The topological polar surface area (TPSA) is 78.4 Å². The summed E-state index contributed by atoms with van der Waals surface area (Å²) >= 11 is 0. The Hall–Kier alpha value is -3.98. The molecule has 0 saturated carbocycles. The van der Waals surface area contributed by atoms with Crippen molar-refractivity contribution < 1.29 is 14.3 Å². The average Bonchev–Trinajstić information content (AvgIpc) is 3.16. The molecule has 0 fully saturated rings. The number of aromatic carboxylic acids is 1. The maximum absolute atomic E-state index is 14.7. The average molecular weight is 385 g/mol. The van der Waals surface area contributed by atoms with Gasteiger partial charge in [-0.25, -0.2) is 14.2 Å². The van der Waals surface area contributed by atoms with E-state index in [1.54, 1.807) is 31.3 Å². The number of rotatable bonds is 4. The van der Waals surface area contributed by atoms with E-state index in [4.69, 9.17) is 5.26 Å². The van der Waals surface area contributed by atoms with E-state index in [0.29, 0.717) is 23.1 Å². The molecular formula is C23H16FN3O2. The fraction of sp³-hybridized carbons (Fsp3) is 0.0870. The van der Waals surface area contributed by atoms with Gasteiger partial charge in [0.15, 0.2) is 0 Å². The van der Waals surface area contributed by atoms with Crippen molar-refractivity contribution in [2.24, 2.45) is 0 Å². The van der Waals surface area contributed by atoms with Crippen LogP contribution < -0.4 is 0 Å². The molecule has 142 valence electrons. The first-order valence-corrected chi connectivity index (χ1v) is 9.06. The molecule has 0 radical (unpaired) electrons. The minimum atomic E-state index is -1.28. The molecule has 29 heavy (non-hydrogen) atoms. The van der Waals surface area contributed by atoms with Crippen molar-refractivity contribution in [3.05, 3.63) is 83.4 Å². The minimum Gasteiger partial charge on any atom is -0.478 e. The summed E-state index contributed by atoms with van der Waals surface area (Å²) < 4.78 is 16.6. The molecule has 4 rings (SSSR count). The summed E-state index contributed by atoms with van der Waals surface area (Å²) in [6.07, 6.45) is 3.98. The van der Waals surface area contributed by atoms with Crippen LogP contribution in [0.5, 0.6) is 0 Å². The first-order valence-electron chi connectivity index (χ1n) is 9.06. The van der Waals surface area contributed by atoms with E-state index in [9.17, 15) is 14.3 Å². The van der Waals surface area contributed by atoms with Crippen LogP contribution in [0.25, 0.3) is 28.0 Å². The van der Waals surface area contributed by atoms with E-state index < -0.39 is 11.8 Å². The zero-order chi connectivity index (χ0) is 20.5. The summed E-state index contributed by atoms with van der Waals surface area (Å²) in [5, 5.41) is 18.2. The smallest absolute Gasteiger partial charge is 0.338 e. The highest BCUT2D eigenvalue weighted by Crippen LogP contribution is 2.30. The van der Waals surface area contributed by atoms with Gasteiger partial charge in [0.2, 0.25) is 0 Å². The van der Waals surface area contributed by atoms with Gasteiger partial charge in [0, 0.05) is 11.8 Å². The molecule has 0 bridgehead atoms. The van der Waals surface area contributed by atoms with Crippen molar-refractivity contribution in [2.45, 2.75) is 13.3 Å². The van der Waals surface area contributed by atoms with Crippen LogP contribution in [0.1, 0.15) is 28.4 Å². The van der Waals surface area contributed by atoms with Crippen molar-refractivity contribution in [3.8, 4) is 28.5 Å². The third-order valence-corrected chi connectivity index (χ3v) is 4.95. The number of pyridine rings is 1. The molecule has 5 nitrogen and oxygen atoms in total. The number of benzene rings is 2. The number of hydrogen-bond donors (Lipinski definition) is 1. The highest BCUT2D eigenvalue weighted by atomic mass is 19.1. The first kappa shape index (κ1) is 18.4. The molecular weight excluding hydrogens is 369 g/mol. The zero-order valence-electron chi connectivity index (χ0n) is 15.6. The quantitative estimate of drug-likeness (QED) is 0.540. The van der Waals surface area contributed by atoms with Gasteiger partial charge in [0.1, 0.15) is 11.5 Å². The van der Waals surface area contributed by atoms with Gasteiger partial charge in [-0.1, -0.05) is 25.1 Å². The SMILES string of the molecule is CCc1c(-c2ccc3ncc(-c4ccc(C#N)cc4)n3c2)ccc(C(=O)O)c1F. The van der Waals surface area contributed by atoms with Crippen molar-refractivity contribution >= 4 is 11.6 Å². The fourth-order valence-corrected chi connectivity index (χ4v) is 3.47. The lowest BCUT2D eigenvalue weighted by Gasteiger charge is -2.12. The predicted molar refractivity (Wildman–Crippen MR) is 107 cm³/mol. The first-order chi connectivity index (χ1) is 14.0. The van der Waals surface area contributed by atoms with Gasteiger partial charge < -0.3 is 5.11 Å². The summed E-state index contributed by atoms with van der Waals surface area (Å²) in [5.74, 6) is -1.98. The largest absolute Gasteiger partial charge is 0.478 e. The molecule has 0 aliphatic heterocycles. The highest BCUT2D eigenvalue weighted by Gasteiger charge is 2.18. The summed E-state index contributed by atoms with van der Waals surface area (Å²) in [6, 6.07) is 15.9.